The largest absolute Gasteiger partial charge is 0.452 e. The number of nitrogens with zero attached hydrogens (tertiary/aromatic N) is 2. The summed E-state index contributed by atoms with van der Waals surface area (Å²) < 4.78 is 5.32. The van der Waals surface area contributed by atoms with Crippen molar-refractivity contribution in [1.82, 2.24) is 0 Å². The van der Waals surface area contributed by atoms with Crippen LogP contribution in [0, 0.1) is 17.2 Å². The molecule has 154 valence electrons. The van der Waals surface area contributed by atoms with Crippen molar-refractivity contribution in [3.63, 3.8) is 0 Å². The minimum Gasteiger partial charge on any atom is -0.452 e. The zero-order valence-corrected chi connectivity index (χ0v) is 16.9. The summed E-state index contributed by atoms with van der Waals surface area (Å²) >= 11 is 0. The Bertz CT molecular complexity index is 994. The number of nitriles is 1. The Morgan fingerprint density at radius 2 is 1.93 bits per heavy atom. The number of carbonyl (C=O) groups excluding carboxylic acids is 3. The SMILES string of the molecule is CCc1ccccc1N1C[C@@H](C(=O)O[C@@H](C)C(=O)Nc2ccc(C#N)cc2)CC1=O. The maximum absolute atomic E-state index is 12.6. The van der Waals surface area contributed by atoms with Gasteiger partial charge in [0.05, 0.1) is 17.6 Å². The molecule has 0 unspecified atom stereocenters. The third-order valence-corrected chi connectivity index (χ3v) is 5.07. The number of esters is 1. The lowest BCUT2D eigenvalue weighted by Gasteiger charge is -2.20. The van der Waals surface area contributed by atoms with Gasteiger partial charge in [-0.2, -0.15) is 5.26 Å². The Morgan fingerprint density at radius 3 is 2.60 bits per heavy atom. The first-order chi connectivity index (χ1) is 14.4. The third-order valence-electron chi connectivity index (χ3n) is 5.07. The average Bonchev–Trinajstić information content (AvgIpc) is 3.15. The van der Waals surface area contributed by atoms with Crippen LogP contribution in [0.4, 0.5) is 11.4 Å². The van der Waals surface area contributed by atoms with E-state index in [0.717, 1.165) is 17.7 Å². The zero-order valence-electron chi connectivity index (χ0n) is 16.9. The van der Waals surface area contributed by atoms with E-state index in [1.165, 1.54) is 6.92 Å². The van der Waals surface area contributed by atoms with E-state index in [4.69, 9.17) is 10.00 Å². The smallest absolute Gasteiger partial charge is 0.312 e. The molecule has 1 N–H and O–H groups in total. The molecular formula is C23H23N3O4. The number of ether oxygens (including phenoxy) is 1. The molecule has 2 atom stereocenters. The van der Waals surface area contributed by atoms with E-state index >= 15 is 0 Å². The van der Waals surface area contributed by atoms with Crippen molar-refractivity contribution in [3.8, 4) is 6.07 Å². The summed E-state index contributed by atoms with van der Waals surface area (Å²) in [7, 11) is 0. The van der Waals surface area contributed by atoms with Crippen molar-refractivity contribution in [2.24, 2.45) is 5.92 Å². The zero-order chi connectivity index (χ0) is 21.7. The second-order valence-electron chi connectivity index (χ2n) is 7.15. The highest BCUT2D eigenvalue weighted by atomic mass is 16.5. The molecule has 7 nitrogen and oxygen atoms in total. The van der Waals surface area contributed by atoms with Crippen LogP contribution in [0.15, 0.2) is 48.5 Å². The fraction of sp³-hybridized carbons (Fsp3) is 0.304. The molecule has 1 aliphatic heterocycles. The molecule has 1 heterocycles. The minimum absolute atomic E-state index is 0.0564. The molecule has 0 spiro atoms. The Balaban J connectivity index is 1.59. The average molecular weight is 405 g/mol. The van der Waals surface area contributed by atoms with Gasteiger partial charge in [-0.3, -0.25) is 14.4 Å². The molecule has 30 heavy (non-hydrogen) atoms. The van der Waals surface area contributed by atoms with Gasteiger partial charge in [0.1, 0.15) is 0 Å². The molecule has 1 saturated heterocycles. The number of amides is 2. The van der Waals surface area contributed by atoms with Crippen LogP contribution in [0.1, 0.15) is 31.4 Å². The van der Waals surface area contributed by atoms with E-state index < -0.39 is 23.9 Å². The topological polar surface area (TPSA) is 99.5 Å². The number of rotatable bonds is 6. The molecule has 3 rings (SSSR count). The standard InChI is InChI=1S/C23H23N3O4/c1-3-17-6-4-5-7-20(17)26-14-18(12-21(26)27)23(29)30-15(2)22(28)25-19-10-8-16(13-24)9-11-19/h4-11,15,18H,3,12,14H2,1-2H3,(H,25,28)/t15-,18-/m0/s1. The predicted octanol–water partition coefficient (Wildman–Crippen LogP) is 3.04. The number of carbonyl (C=O) groups is 3. The van der Waals surface area contributed by atoms with Crippen LogP contribution < -0.4 is 10.2 Å². The van der Waals surface area contributed by atoms with Gasteiger partial charge in [-0.05, 0) is 49.2 Å². The summed E-state index contributed by atoms with van der Waals surface area (Å²) in [4.78, 5) is 39.0. The molecule has 1 fully saturated rings. The van der Waals surface area contributed by atoms with Gasteiger partial charge in [0.2, 0.25) is 5.91 Å². The van der Waals surface area contributed by atoms with Crippen molar-refractivity contribution in [3.05, 3.63) is 59.7 Å². The second kappa shape index (κ2) is 9.23. The maximum Gasteiger partial charge on any atom is 0.312 e. The quantitative estimate of drug-likeness (QED) is 0.745. The van der Waals surface area contributed by atoms with Crippen molar-refractivity contribution in [2.45, 2.75) is 32.8 Å². The number of benzene rings is 2. The van der Waals surface area contributed by atoms with E-state index in [2.05, 4.69) is 5.32 Å². The lowest BCUT2D eigenvalue weighted by atomic mass is 10.1. The van der Waals surface area contributed by atoms with Gasteiger partial charge < -0.3 is 15.0 Å². The number of anilines is 2. The Kier molecular flexibility index (Phi) is 6.48. The highest BCUT2D eigenvalue weighted by molar-refractivity contribution is 6.01. The summed E-state index contributed by atoms with van der Waals surface area (Å²) in [5.41, 5.74) is 2.83. The lowest BCUT2D eigenvalue weighted by Crippen LogP contribution is -2.33. The van der Waals surface area contributed by atoms with Crippen LogP contribution in [0.3, 0.4) is 0 Å². The summed E-state index contributed by atoms with van der Waals surface area (Å²) in [6.45, 7) is 3.73. The summed E-state index contributed by atoms with van der Waals surface area (Å²) in [5, 5.41) is 11.5. The van der Waals surface area contributed by atoms with Gasteiger partial charge >= 0.3 is 5.97 Å². The minimum atomic E-state index is -1.01. The first kappa shape index (κ1) is 21.1. The van der Waals surface area contributed by atoms with Gasteiger partial charge in [-0.1, -0.05) is 25.1 Å². The molecule has 1 aliphatic rings. The Morgan fingerprint density at radius 1 is 1.23 bits per heavy atom. The van der Waals surface area contributed by atoms with Crippen LogP contribution >= 0.6 is 0 Å². The van der Waals surface area contributed by atoms with Gasteiger partial charge in [0.15, 0.2) is 6.10 Å². The molecular weight excluding hydrogens is 382 g/mol. The number of nitrogens with one attached hydrogen (secondary N) is 1. The Hall–Kier alpha value is -3.66. The molecule has 2 amide bonds. The fourth-order valence-corrected chi connectivity index (χ4v) is 3.37. The highest BCUT2D eigenvalue weighted by Crippen LogP contribution is 2.29. The monoisotopic (exact) mass is 405 g/mol. The van der Waals surface area contributed by atoms with Crippen LogP contribution in [0.5, 0.6) is 0 Å². The van der Waals surface area contributed by atoms with E-state index in [1.807, 2.05) is 37.3 Å². The van der Waals surface area contributed by atoms with Crippen molar-refractivity contribution in [1.29, 1.82) is 5.26 Å². The normalized spacial score (nSPS) is 16.6. The van der Waals surface area contributed by atoms with E-state index in [9.17, 15) is 14.4 Å². The van der Waals surface area contributed by atoms with Gasteiger partial charge in [-0.25, -0.2) is 0 Å². The first-order valence-electron chi connectivity index (χ1n) is 9.82. The third kappa shape index (κ3) is 4.66. The van der Waals surface area contributed by atoms with E-state index in [-0.39, 0.29) is 18.9 Å². The van der Waals surface area contributed by atoms with Crippen LogP contribution in [0.25, 0.3) is 0 Å². The molecule has 0 radical (unpaired) electrons. The van der Waals surface area contributed by atoms with Crippen LogP contribution in [-0.2, 0) is 25.5 Å². The number of hydrogen-bond acceptors (Lipinski definition) is 5. The summed E-state index contributed by atoms with van der Waals surface area (Å²) in [5.74, 6) is -1.80. The molecule has 2 aromatic carbocycles. The number of aryl methyl sites for hydroxylation is 1. The summed E-state index contributed by atoms with van der Waals surface area (Å²) in [6, 6.07) is 16.0. The number of para-hydroxylation sites is 1. The van der Waals surface area contributed by atoms with Gasteiger partial charge in [0.25, 0.3) is 5.91 Å². The van der Waals surface area contributed by atoms with Crippen molar-refractivity contribution < 1.29 is 19.1 Å². The molecule has 0 saturated carbocycles. The van der Waals surface area contributed by atoms with Crippen LogP contribution in [0.2, 0.25) is 0 Å². The molecule has 7 heteroatoms. The van der Waals surface area contributed by atoms with Crippen molar-refractivity contribution in [2.75, 3.05) is 16.8 Å². The van der Waals surface area contributed by atoms with Crippen molar-refractivity contribution >= 4 is 29.2 Å². The second-order valence-corrected chi connectivity index (χ2v) is 7.15. The first-order valence-corrected chi connectivity index (χ1v) is 9.82. The van der Waals surface area contributed by atoms with E-state index in [0.29, 0.717) is 11.3 Å². The summed E-state index contributed by atoms with van der Waals surface area (Å²) in [6.07, 6.45) is -0.178. The molecule has 0 aromatic heterocycles. The highest BCUT2D eigenvalue weighted by Gasteiger charge is 2.37. The predicted molar refractivity (Wildman–Crippen MR) is 112 cm³/mol. The van der Waals surface area contributed by atoms with Gasteiger partial charge in [-0.15, -0.1) is 0 Å². The lowest BCUT2D eigenvalue weighted by molar-refractivity contribution is -0.157. The molecule has 2 aromatic rings. The van der Waals surface area contributed by atoms with Gasteiger partial charge in [0, 0.05) is 24.3 Å². The Labute approximate surface area is 175 Å². The molecule has 0 bridgehead atoms. The number of hydrogen-bond donors (Lipinski definition) is 1. The fourth-order valence-electron chi connectivity index (χ4n) is 3.37. The van der Waals surface area contributed by atoms with E-state index in [1.54, 1.807) is 29.2 Å². The maximum atomic E-state index is 12.6. The molecule has 0 aliphatic carbocycles. The van der Waals surface area contributed by atoms with Crippen LogP contribution in [-0.4, -0.2) is 30.4 Å².